The Hall–Kier alpha value is -1.41. The first kappa shape index (κ1) is 14.0. The molecule has 0 amide bonds. The van der Waals surface area contributed by atoms with Crippen molar-refractivity contribution in [3.8, 4) is 0 Å². The highest BCUT2D eigenvalue weighted by molar-refractivity contribution is 6.49. The summed E-state index contributed by atoms with van der Waals surface area (Å²) in [5, 5.41) is 0.0110. The molecule has 0 fully saturated rings. The van der Waals surface area contributed by atoms with Gasteiger partial charge in [0, 0.05) is 17.2 Å². The fourth-order valence-corrected chi connectivity index (χ4v) is 2.45. The number of halogens is 1. The molecular weight excluding hydrogens is 260 g/mol. The van der Waals surface area contributed by atoms with Crippen LogP contribution >= 0.6 is 11.6 Å². The quantitative estimate of drug-likeness (QED) is 0.827. The fraction of sp³-hybridized carbons (Fsp3) is 0.375. The molecule has 1 aliphatic carbocycles. The number of aryl methyl sites for hydroxylation is 1. The van der Waals surface area contributed by atoms with Crippen LogP contribution < -0.4 is 0 Å². The molecule has 0 atom stereocenters. The highest BCUT2D eigenvalue weighted by atomic mass is 35.5. The lowest BCUT2D eigenvalue weighted by Crippen LogP contribution is -2.14. The average molecular weight is 277 g/mol. The molecule has 0 aromatic heterocycles. The number of benzene rings is 1. The molecule has 2 nitrogen and oxygen atoms in total. The second kappa shape index (κ2) is 5.70. The van der Waals surface area contributed by atoms with E-state index in [-0.39, 0.29) is 16.6 Å². The molecule has 0 spiro atoms. The SMILES string of the molecule is CC(C)CCCc1ccc2c(c1)C(=O)C(Cl)=CC2=O. The third-order valence-corrected chi connectivity index (χ3v) is 3.60. The standard InChI is InChI=1S/C16H17ClO2/c1-10(2)4-3-5-11-6-7-12-13(8-11)16(19)14(17)9-15(12)18/h6-10H,3-5H2,1-2H3. The van der Waals surface area contributed by atoms with Gasteiger partial charge in [-0.3, -0.25) is 9.59 Å². The predicted molar refractivity (Wildman–Crippen MR) is 76.8 cm³/mol. The van der Waals surface area contributed by atoms with Gasteiger partial charge < -0.3 is 0 Å². The molecule has 0 saturated carbocycles. The van der Waals surface area contributed by atoms with Crippen LogP contribution in [0.2, 0.25) is 0 Å². The molecule has 1 aliphatic rings. The number of carbonyl (C=O) groups is 2. The highest BCUT2D eigenvalue weighted by Gasteiger charge is 2.24. The van der Waals surface area contributed by atoms with E-state index in [9.17, 15) is 9.59 Å². The summed E-state index contributed by atoms with van der Waals surface area (Å²) < 4.78 is 0. The Kier molecular flexibility index (Phi) is 4.20. The number of Topliss-reactive ketones (excluding diaryl/α,β-unsaturated/α-hetero) is 1. The van der Waals surface area contributed by atoms with Crippen LogP contribution in [0, 0.1) is 5.92 Å². The number of allylic oxidation sites excluding steroid dienone is 2. The molecule has 3 heteroatoms. The molecule has 19 heavy (non-hydrogen) atoms. The molecule has 0 radical (unpaired) electrons. The zero-order chi connectivity index (χ0) is 14.0. The van der Waals surface area contributed by atoms with Crippen LogP contribution in [-0.4, -0.2) is 11.6 Å². The Morgan fingerprint density at radius 2 is 1.89 bits per heavy atom. The molecule has 0 saturated heterocycles. The normalized spacial score (nSPS) is 14.6. The first-order valence-electron chi connectivity index (χ1n) is 6.58. The molecule has 0 bridgehead atoms. The van der Waals surface area contributed by atoms with Gasteiger partial charge in [-0.05, 0) is 30.4 Å². The van der Waals surface area contributed by atoms with Gasteiger partial charge in [0.15, 0.2) is 5.78 Å². The van der Waals surface area contributed by atoms with Gasteiger partial charge in [0.1, 0.15) is 0 Å². The van der Waals surface area contributed by atoms with Crippen LogP contribution in [0.25, 0.3) is 0 Å². The van der Waals surface area contributed by atoms with E-state index in [2.05, 4.69) is 13.8 Å². The van der Waals surface area contributed by atoms with Crippen molar-refractivity contribution in [3.63, 3.8) is 0 Å². The lowest BCUT2D eigenvalue weighted by molar-refractivity contribution is 0.0990. The molecule has 1 aromatic carbocycles. The summed E-state index contributed by atoms with van der Waals surface area (Å²) in [6.07, 6.45) is 4.37. The second-order valence-corrected chi connectivity index (χ2v) is 5.76. The molecule has 1 aromatic rings. The number of fused-ring (bicyclic) bond motifs is 1. The molecule has 2 rings (SSSR count). The summed E-state index contributed by atoms with van der Waals surface area (Å²) in [5.74, 6) is 0.244. The van der Waals surface area contributed by atoms with Crippen LogP contribution in [0.15, 0.2) is 29.3 Å². The van der Waals surface area contributed by atoms with E-state index in [0.717, 1.165) is 24.8 Å². The van der Waals surface area contributed by atoms with Crippen molar-refractivity contribution in [2.75, 3.05) is 0 Å². The van der Waals surface area contributed by atoms with Gasteiger partial charge in [-0.15, -0.1) is 0 Å². The van der Waals surface area contributed by atoms with Crippen LogP contribution in [0.4, 0.5) is 0 Å². The van der Waals surface area contributed by atoms with Crippen LogP contribution in [0.1, 0.15) is 53.0 Å². The lowest BCUT2D eigenvalue weighted by atomic mass is 9.91. The zero-order valence-corrected chi connectivity index (χ0v) is 12.0. The summed E-state index contributed by atoms with van der Waals surface area (Å²) >= 11 is 5.78. The van der Waals surface area contributed by atoms with E-state index in [1.54, 1.807) is 6.07 Å². The van der Waals surface area contributed by atoms with Gasteiger partial charge in [0.05, 0.1) is 5.03 Å². The Morgan fingerprint density at radius 1 is 1.16 bits per heavy atom. The van der Waals surface area contributed by atoms with E-state index in [4.69, 9.17) is 11.6 Å². The molecular formula is C16H17ClO2. The molecule has 0 unspecified atom stereocenters. The highest BCUT2D eigenvalue weighted by Crippen LogP contribution is 2.25. The smallest absolute Gasteiger partial charge is 0.205 e. The maximum atomic E-state index is 11.9. The summed E-state index contributed by atoms with van der Waals surface area (Å²) in [4.78, 5) is 23.7. The molecule has 0 N–H and O–H groups in total. The van der Waals surface area contributed by atoms with Crippen molar-refractivity contribution in [2.45, 2.75) is 33.1 Å². The summed E-state index contributed by atoms with van der Waals surface area (Å²) in [6.45, 7) is 4.39. The van der Waals surface area contributed by atoms with Crippen molar-refractivity contribution in [3.05, 3.63) is 46.0 Å². The predicted octanol–water partition coefficient (Wildman–Crippen LogP) is 4.17. The summed E-state index contributed by atoms with van der Waals surface area (Å²) in [5.41, 5.74) is 1.99. The lowest BCUT2D eigenvalue weighted by Gasteiger charge is -2.13. The number of rotatable bonds is 4. The minimum Gasteiger partial charge on any atom is -0.289 e. The number of hydrogen-bond acceptors (Lipinski definition) is 2. The third kappa shape index (κ3) is 3.13. The minimum absolute atomic E-state index is 0.0110. The maximum absolute atomic E-state index is 11.9. The monoisotopic (exact) mass is 276 g/mol. The van der Waals surface area contributed by atoms with Crippen molar-refractivity contribution >= 4 is 23.2 Å². The van der Waals surface area contributed by atoms with Gasteiger partial charge in [0.2, 0.25) is 5.78 Å². The van der Waals surface area contributed by atoms with Gasteiger partial charge in [-0.25, -0.2) is 0 Å². The van der Waals surface area contributed by atoms with Gasteiger partial charge in [-0.1, -0.05) is 44.0 Å². The number of ketones is 2. The van der Waals surface area contributed by atoms with Crippen molar-refractivity contribution in [2.24, 2.45) is 5.92 Å². The van der Waals surface area contributed by atoms with E-state index < -0.39 is 0 Å². The van der Waals surface area contributed by atoms with E-state index in [0.29, 0.717) is 17.0 Å². The largest absolute Gasteiger partial charge is 0.289 e. The third-order valence-electron chi connectivity index (χ3n) is 3.32. The van der Waals surface area contributed by atoms with Crippen molar-refractivity contribution < 1.29 is 9.59 Å². The van der Waals surface area contributed by atoms with Crippen LogP contribution in [0.3, 0.4) is 0 Å². The summed E-state index contributed by atoms with van der Waals surface area (Å²) in [6, 6.07) is 5.47. The average Bonchev–Trinajstić information content (AvgIpc) is 2.35. The second-order valence-electron chi connectivity index (χ2n) is 5.35. The van der Waals surface area contributed by atoms with Crippen molar-refractivity contribution in [1.82, 2.24) is 0 Å². The van der Waals surface area contributed by atoms with Gasteiger partial charge in [-0.2, -0.15) is 0 Å². The Labute approximate surface area is 118 Å². The van der Waals surface area contributed by atoms with E-state index >= 15 is 0 Å². The molecule has 0 heterocycles. The Bertz CT molecular complexity index is 556. The van der Waals surface area contributed by atoms with E-state index in [1.807, 2.05) is 12.1 Å². The fourth-order valence-electron chi connectivity index (χ4n) is 2.25. The van der Waals surface area contributed by atoms with Gasteiger partial charge in [0.25, 0.3) is 0 Å². The summed E-state index contributed by atoms with van der Waals surface area (Å²) in [7, 11) is 0. The first-order chi connectivity index (χ1) is 8.99. The number of hydrogen-bond donors (Lipinski definition) is 0. The van der Waals surface area contributed by atoms with Crippen LogP contribution in [-0.2, 0) is 6.42 Å². The Morgan fingerprint density at radius 3 is 2.58 bits per heavy atom. The first-order valence-corrected chi connectivity index (χ1v) is 6.96. The van der Waals surface area contributed by atoms with Gasteiger partial charge >= 0.3 is 0 Å². The van der Waals surface area contributed by atoms with E-state index in [1.165, 1.54) is 6.08 Å². The topological polar surface area (TPSA) is 34.1 Å². The van der Waals surface area contributed by atoms with Crippen LogP contribution in [0.5, 0.6) is 0 Å². The van der Waals surface area contributed by atoms with Crippen molar-refractivity contribution in [1.29, 1.82) is 0 Å². The molecule has 100 valence electrons. The Balaban J connectivity index is 2.20. The maximum Gasteiger partial charge on any atom is 0.205 e. The minimum atomic E-state index is -0.248. The zero-order valence-electron chi connectivity index (χ0n) is 11.2. The molecule has 0 aliphatic heterocycles. The number of carbonyl (C=O) groups excluding carboxylic acids is 2.